The maximum atomic E-state index is 14.4. The Labute approximate surface area is 208 Å². The number of benzene rings is 2. The third-order valence-electron chi connectivity index (χ3n) is 8.49. The fraction of sp³-hybridized carbons (Fsp3) is 0.467. The molecule has 2 heterocycles. The van der Waals surface area contributed by atoms with Crippen LogP contribution in [0.15, 0.2) is 60.8 Å². The predicted octanol–water partition coefficient (Wildman–Crippen LogP) is 6.57. The highest BCUT2D eigenvalue weighted by Crippen LogP contribution is 2.50. The molecule has 2 fully saturated rings. The van der Waals surface area contributed by atoms with Gasteiger partial charge >= 0.3 is 0 Å². The molecule has 3 N–H and O–H groups in total. The Kier molecular flexibility index (Phi) is 6.09. The first-order valence-electron chi connectivity index (χ1n) is 13.5. The van der Waals surface area contributed by atoms with Crippen molar-refractivity contribution in [1.82, 2.24) is 10.3 Å². The van der Waals surface area contributed by atoms with E-state index in [0.717, 1.165) is 53.5 Å². The van der Waals surface area contributed by atoms with Gasteiger partial charge in [0.15, 0.2) is 0 Å². The van der Waals surface area contributed by atoms with Crippen molar-refractivity contribution in [3.63, 3.8) is 0 Å². The summed E-state index contributed by atoms with van der Waals surface area (Å²) in [6.07, 6.45) is 13.6. The van der Waals surface area contributed by atoms with E-state index in [1.807, 2.05) is 12.3 Å². The summed E-state index contributed by atoms with van der Waals surface area (Å²) in [7, 11) is 0. The van der Waals surface area contributed by atoms with Crippen molar-refractivity contribution < 1.29 is 4.79 Å². The zero-order valence-corrected chi connectivity index (χ0v) is 20.4. The largest absolute Gasteiger partial charge is 0.357 e. The Hall–Kier alpha value is -3.08. The Morgan fingerprint density at radius 1 is 0.829 bits per heavy atom. The first-order chi connectivity index (χ1) is 17.2. The number of amides is 1. The molecular formula is C30H36N4O. The van der Waals surface area contributed by atoms with Crippen molar-refractivity contribution >= 4 is 28.2 Å². The number of carbonyl (C=O) groups is 1. The number of aromatic nitrogens is 1. The molecule has 1 amide bonds. The van der Waals surface area contributed by atoms with Gasteiger partial charge in [0.1, 0.15) is 5.66 Å². The van der Waals surface area contributed by atoms with Crippen LogP contribution in [0.25, 0.3) is 10.9 Å². The quantitative estimate of drug-likeness (QED) is 0.396. The summed E-state index contributed by atoms with van der Waals surface area (Å²) in [4.78, 5) is 19.0. The van der Waals surface area contributed by atoms with Crippen LogP contribution < -0.4 is 16.0 Å². The van der Waals surface area contributed by atoms with E-state index in [-0.39, 0.29) is 17.9 Å². The Morgan fingerprint density at radius 3 is 2.17 bits per heavy atom. The minimum atomic E-state index is -0.729. The van der Waals surface area contributed by atoms with Gasteiger partial charge in [-0.25, -0.2) is 0 Å². The normalized spacial score (nSPS) is 21.0. The average Bonchev–Trinajstić information content (AvgIpc) is 3.29. The smallest absolute Gasteiger partial charge is 0.228 e. The molecule has 0 spiro atoms. The molecule has 1 aromatic heterocycles. The average molecular weight is 469 g/mol. The first-order valence-corrected chi connectivity index (χ1v) is 13.5. The standard InChI is InChI=1S/C30H36N4O/c35-29(32-22-13-5-2-6-14-22)28(21-11-3-1-4-12-21)30(33-26-17-9-10-18-27(26)34-30)24-19-20-31-25-16-8-7-15-23(24)25/h7-10,15-22,28,33-34H,1-6,11-14H2,(H,32,35). The number of rotatable bonds is 5. The molecule has 3 aromatic rings. The van der Waals surface area contributed by atoms with Crippen molar-refractivity contribution in [3.8, 4) is 0 Å². The summed E-state index contributed by atoms with van der Waals surface area (Å²) in [5, 5.41) is 12.4. The topological polar surface area (TPSA) is 66.0 Å². The molecule has 3 aliphatic rings. The van der Waals surface area contributed by atoms with Crippen molar-refractivity contribution in [2.24, 2.45) is 11.8 Å². The number of nitrogens with zero attached hydrogens (tertiary/aromatic N) is 1. The van der Waals surface area contributed by atoms with Gasteiger partial charge in [0.05, 0.1) is 22.8 Å². The van der Waals surface area contributed by atoms with E-state index >= 15 is 0 Å². The van der Waals surface area contributed by atoms with Gasteiger partial charge in [-0.05, 0) is 55.9 Å². The van der Waals surface area contributed by atoms with Crippen LogP contribution in [0.1, 0.15) is 69.8 Å². The monoisotopic (exact) mass is 468 g/mol. The van der Waals surface area contributed by atoms with Gasteiger partial charge in [-0.1, -0.05) is 68.9 Å². The second-order valence-corrected chi connectivity index (χ2v) is 10.7. The lowest BCUT2D eigenvalue weighted by atomic mass is 9.70. The van der Waals surface area contributed by atoms with Gasteiger partial charge in [-0.15, -0.1) is 0 Å². The van der Waals surface area contributed by atoms with Gasteiger partial charge in [-0.2, -0.15) is 0 Å². The fourth-order valence-corrected chi connectivity index (χ4v) is 6.82. The van der Waals surface area contributed by atoms with Crippen LogP contribution in [0.4, 0.5) is 11.4 Å². The van der Waals surface area contributed by atoms with Crippen LogP contribution in [0.5, 0.6) is 0 Å². The Morgan fingerprint density at radius 2 is 1.46 bits per heavy atom. The highest BCUT2D eigenvalue weighted by atomic mass is 16.2. The summed E-state index contributed by atoms with van der Waals surface area (Å²) in [5.41, 5.74) is 3.44. The molecule has 1 atom stereocenters. The third kappa shape index (κ3) is 4.15. The zero-order valence-electron chi connectivity index (χ0n) is 20.4. The zero-order chi connectivity index (χ0) is 23.7. The van der Waals surface area contributed by atoms with Gasteiger partial charge in [0, 0.05) is 23.2 Å². The summed E-state index contributed by atoms with van der Waals surface area (Å²) < 4.78 is 0. The third-order valence-corrected chi connectivity index (χ3v) is 8.49. The number of nitrogens with one attached hydrogen (secondary N) is 3. The number of hydrogen-bond acceptors (Lipinski definition) is 4. The van der Waals surface area contributed by atoms with E-state index in [4.69, 9.17) is 0 Å². The summed E-state index contributed by atoms with van der Waals surface area (Å²) in [5.74, 6) is 0.272. The van der Waals surface area contributed by atoms with Crippen molar-refractivity contribution in [2.75, 3.05) is 10.6 Å². The Balaban J connectivity index is 1.49. The van der Waals surface area contributed by atoms with Crippen LogP contribution in [-0.2, 0) is 10.5 Å². The van der Waals surface area contributed by atoms with Gasteiger partial charge < -0.3 is 16.0 Å². The minimum Gasteiger partial charge on any atom is -0.357 e. The van der Waals surface area contributed by atoms with Crippen LogP contribution >= 0.6 is 0 Å². The van der Waals surface area contributed by atoms with E-state index in [2.05, 4.69) is 69.5 Å². The fourth-order valence-electron chi connectivity index (χ4n) is 6.82. The van der Waals surface area contributed by atoms with Crippen LogP contribution in [-0.4, -0.2) is 16.9 Å². The van der Waals surface area contributed by atoms with E-state index in [9.17, 15) is 4.79 Å². The number of carbonyl (C=O) groups excluding carboxylic acids is 1. The van der Waals surface area contributed by atoms with Crippen molar-refractivity contribution in [2.45, 2.75) is 75.9 Å². The predicted molar refractivity (Wildman–Crippen MR) is 142 cm³/mol. The molecule has 2 saturated carbocycles. The molecule has 2 aliphatic carbocycles. The highest BCUT2D eigenvalue weighted by Gasteiger charge is 2.52. The van der Waals surface area contributed by atoms with E-state index < -0.39 is 5.66 Å². The molecule has 1 unspecified atom stereocenters. The number of anilines is 2. The maximum absolute atomic E-state index is 14.4. The molecular weight excluding hydrogens is 432 g/mol. The number of fused-ring (bicyclic) bond motifs is 2. The maximum Gasteiger partial charge on any atom is 0.228 e. The molecule has 0 radical (unpaired) electrons. The van der Waals surface area contributed by atoms with E-state index in [0.29, 0.717) is 5.92 Å². The second-order valence-electron chi connectivity index (χ2n) is 10.7. The molecule has 5 heteroatoms. The lowest BCUT2D eigenvalue weighted by Gasteiger charge is -2.44. The molecule has 1 aliphatic heterocycles. The number of para-hydroxylation sites is 3. The first kappa shape index (κ1) is 22.4. The molecule has 0 bridgehead atoms. The summed E-state index contributed by atoms with van der Waals surface area (Å²) in [6.45, 7) is 0. The highest BCUT2D eigenvalue weighted by molar-refractivity contribution is 5.91. The lowest BCUT2D eigenvalue weighted by Crippen LogP contribution is -2.57. The second kappa shape index (κ2) is 9.52. The molecule has 2 aromatic carbocycles. The molecule has 5 nitrogen and oxygen atoms in total. The molecule has 182 valence electrons. The summed E-state index contributed by atoms with van der Waals surface area (Å²) >= 11 is 0. The van der Waals surface area contributed by atoms with Crippen LogP contribution in [0.2, 0.25) is 0 Å². The van der Waals surface area contributed by atoms with Crippen LogP contribution in [0.3, 0.4) is 0 Å². The van der Waals surface area contributed by atoms with Crippen molar-refractivity contribution in [3.05, 3.63) is 66.4 Å². The number of pyridine rings is 1. The van der Waals surface area contributed by atoms with E-state index in [1.54, 1.807) is 0 Å². The van der Waals surface area contributed by atoms with E-state index in [1.165, 1.54) is 38.5 Å². The summed E-state index contributed by atoms with van der Waals surface area (Å²) in [6, 6.07) is 19.1. The Bertz CT molecular complexity index is 1170. The molecule has 0 saturated heterocycles. The SMILES string of the molecule is O=C(NC1CCCCC1)C(C1CCCCC1)C1(c2ccnc3ccccc23)Nc2ccccc2N1. The van der Waals surface area contributed by atoms with Crippen LogP contribution in [0, 0.1) is 11.8 Å². The molecule has 6 rings (SSSR count). The minimum absolute atomic E-state index is 0.192. The van der Waals surface area contributed by atoms with Gasteiger partial charge in [-0.3, -0.25) is 9.78 Å². The number of hydrogen-bond donors (Lipinski definition) is 3. The van der Waals surface area contributed by atoms with Gasteiger partial charge in [0.25, 0.3) is 0 Å². The van der Waals surface area contributed by atoms with Crippen molar-refractivity contribution in [1.29, 1.82) is 0 Å². The molecule has 35 heavy (non-hydrogen) atoms. The van der Waals surface area contributed by atoms with Gasteiger partial charge in [0.2, 0.25) is 5.91 Å². The lowest BCUT2D eigenvalue weighted by molar-refractivity contribution is -0.130.